The molecule has 0 aromatic rings. The average molecular weight is 471 g/mol. The minimum absolute atomic E-state index is 0. The second kappa shape index (κ2) is 17.3. The third kappa shape index (κ3) is 14.7. The highest BCUT2D eigenvalue weighted by Gasteiger charge is 2.12. The maximum absolute atomic E-state index is 5.09. The van der Waals surface area contributed by atoms with Crippen LogP contribution in [0.5, 0.6) is 0 Å². The van der Waals surface area contributed by atoms with Gasteiger partial charge in [-0.05, 0) is 48.1 Å². The predicted octanol–water partition coefficient (Wildman–Crippen LogP) is 2.25. The van der Waals surface area contributed by atoms with Gasteiger partial charge in [0.25, 0.3) is 0 Å². The fourth-order valence-electron chi connectivity index (χ4n) is 2.62. The van der Waals surface area contributed by atoms with Crippen LogP contribution < -0.4 is 10.6 Å². The molecule has 6 nitrogen and oxygen atoms in total. The number of methoxy groups -OCH3 is 1. The maximum Gasteiger partial charge on any atom is 0.191 e. The van der Waals surface area contributed by atoms with Crippen molar-refractivity contribution in [2.24, 2.45) is 4.99 Å². The van der Waals surface area contributed by atoms with Gasteiger partial charge in [0.15, 0.2) is 5.96 Å². The van der Waals surface area contributed by atoms with Crippen LogP contribution in [-0.4, -0.2) is 87.9 Å². The summed E-state index contributed by atoms with van der Waals surface area (Å²) in [4.78, 5) is 9.46. The van der Waals surface area contributed by atoms with E-state index in [0.29, 0.717) is 12.1 Å². The van der Waals surface area contributed by atoms with E-state index < -0.39 is 0 Å². The Morgan fingerprint density at radius 1 is 1.04 bits per heavy atom. The average Bonchev–Trinajstić information content (AvgIpc) is 2.51. The van der Waals surface area contributed by atoms with Crippen molar-refractivity contribution < 1.29 is 4.74 Å². The van der Waals surface area contributed by atoms with Gasteiger partial charge in [-0.25, -0.2) is 0 Å². The second-order valence-corrected chi connectivity index (χ2v) is 6.76. The van der Waals surface area contributed by atoms with Gasteiger partial charge in [-0.3, -0.25) is 9.89 Å². The number of hydrogen-bond acceptors (Lipinski definition) is 4. The van der Waals surface area contributed by atoms with Crippen molar-refractivity contribution in [2.75, 3.05) is 60.0 Å². The van der Waals surface area contributed by atoms with Crippen molar-refractivity contribution in [3.8, 4) is 0 Å². The molecule has 0 saturated heterocycles. The number of nitrogens with zero attached hydrogens (tertiary/aromatic N) is 3. The molecule has 0 aliphatic carbocycles. The summed E-state index contributed by atoms with van der Waals surface area (Å²) < 4.78 is 5.09. The summed E-state index contributed by atoms with van der Waals surface area (Å²) in [7, 11) is 3.85. The molecule has 0 atom stereocenters. The molecule has 7 heteroatoms. The van der Waals surface area contributed by atoms with E-state index in [9.17, 15) is 0 Å². The molecule has 152 valence electrons. The Balaban J connectivity index is 0. The van der Waals surface area contributed by atoms with E-state index in [1.807, 2.05) is 0 Å². The van der Waals surface area contributed by atoms with E-state index >= 15 is 0 Å². The Hall–Kier alpha value is -0.120. The highest BCUT2D eigenvalue weighted by molar-refractivity contribution is 14.0. The van der Waals surface area contributed by atoms with Gasteiger partial charge in [0, 0.05) is 58.5 Å². The van der Waals surface area contributed by atoms with Gasteiger partial charge in [0.05, 0.1) is 6.61 Å². The molecular formula is C18H42IN5O. The van der Waals surface area contributed by atoms with Gasteiger partial charge in [0.2, 0.25) is 0 Å². The molecular weight excluding hydrogens is 429 g/mol. The van der Waals surface area contributed by atoms with Crippen LogP contribution in [-0.2, 0) is 4.74 Å². The largest absolute Gasteiger partial charge is 0.383 e. The zero-order chi connectivity index (χ0) is 18.4. The Bertz CT molecular complexity index is 319. The van der Waals surface area contributed by atoms with E-state index in [4.69, 9.17) is 4.74 Å². The number of ether oxygens (including phenoxy) is 1. The zero-order valence-electron chi connectivity index (χ0n) is 17.5. The summed E-state index contributed by atoms with van der Waals surface area (Å²) in [5.41, 5.74) is 0. The van der Waals surface area contributed by atoms with Crippen LogP contribution in [0.15, 0.2) is 4.99 Å². The predicted molar refractivity (Wildman–Crippen MR) is 120 cm³/mol. The lowest BCUT2D eigenvalue weighted by Gasteiger charge is -2.30. The fourth-order valence-corrected chi connectivity index (χ4v) is 2.62. The number of halogens is 1. The van der Waals surface area contributed by atoms with E-state index in [1.165, 1.54) is 0 Å². The van der Waals surface area contributed by atoms with Gasteiger partial charge in [-0.1, -0.05) is 0 Å². The number of hydrogen-bond donors (Lipinski definition) is 2. The number of rotatable bonds is 13. The zero-order valence-corrected chi connectivity index (χ0v) is 19.8. The molecule has 0 fully saturated rings. The van der Waals surface area contributed by atoms with E-state index in [-0.39, 0.29) is 24.0 Å². The smallest absolute Gasteiger partial charge is 0.191 e. The first-order valence-electron chi connectivity index (χ1n) is 9.37. The molecule has 0 unspecified atom stereocenters. The molecule has 25 heavy (non-hydrogen) atoms. The summed E-state index contributed by atoms with van der Waals surface area (Å²) >= 11 is 0. The van der Waals surface area contributed by atoms with Crippen molar-refractivity contribution >= 4 is 29.9 Å². The molecule has 0 bridgehead atoms. The van der Waals surface area contributed by atoms with Crippen LogP contribution in [0, 0.1) is 0 Å². The topological polar surface area (TPSA) is 52.1 Å². The third-order valence-corrected chi connectivity index (χ3v) is 3.98. The molecule has 2 N–H and O–H groups in total. The molecule has 0 radical (unpaired) electrons. The number of aliphatic imine (C=N–C) groups is 1. The van der Waals surface area contributed by atoms with Gasteiger partial charge in [0.1, 0.15) is 0 Å². The summed E-state index contributed by atoms with van der Waals surface area (Å²) in [5, 5.41) is 6.72. The molecule has 0 amide bonds. The van der Waals surface area contributed by atoms with Crippen molar-refractivity contribution in [3.05, 3.63) is 0 Å². The second-order valence-electron chi connectivity index (χ2n) is 6.76. The maximum atomic E-state index is 5.09. The van der Waals surface area contributed by atoms with Crippen LogP contribution in [0.1, 0.15) is 41.0 Å². The first-order chi connectivity index (χ1) is 11.4. The Kier molecular flexibility index (Phi) is 18.8. The van der Waals surface area contributed by atoms with E-state index in [1.54, 1.807) is 7.11 Å². The minimum atomic E-state index is 0. The first kappa shape index (κ1) is 27.1. The van der Waals surface area contributed by atoms with Crippen molar-refractivity contribution in [2.45, 2.75) is 53.1 Å². The summed E-state index contributed by atoms with van der Waals surface area (Å²) in [6, 6.07) is 1.17. The molecule has 0 aromatic carbocycles. The van der Waals surface area contributed by atoms with Crippen molar-refractivity contribution in [1.29, 1.82) is 0 Å². The molecule has 0 heterocycles. The monoisotopic (exact) mass is 471 g/mol. The first-order valence-corrected chi connectivity index (χ1v) is 9.37. The summed E-state index contributed by atoms with van der Waals surface area (Å²) in [5.74, 6) is 0.915. The lowest BCUT2D eigenvalue weighted by molar-refractivity contribution is 0.162. The summed E-state index contributed by atoms with van der Waals surface area (Å²) in [6.07, 6.45) is 1.08. The van der Waals surface area contributed by atoms with Gasteiger partial charge >= 0.3 is 0 Å². The van der Waals surface area contributed by atoms with Gasteiger partial charge in [-0.15, -0.1) is 24.0 Å². The molecule has 0 spiro atoms. The number of guanidine groups is 1. The van der Waals surface area contributed by atoms with E-state index in [0.717, 1.165) is 58.3 Å². The molecule has 0 aliphatic rings. The number of likely N-dealkylation sites (N-methyl/N-ethyl adjacent to an activating group) is 1. The van der Waals surface area contributed by atoms with E-state index in [2.05, 4.69) is 67.1 Å². The highest BCUT2D eigenvalue weighted by Crippen LogP contribution is 2.05. The standard InChI is InChI=1S/C18H41N5O.HI/c1-8-19-18(21-11-13-22(6)14-15-24-7)20-10-9-12-23(16(2)3)17(4)5;/h16-17H,8-15H2,1-7H3,(H2,19,20,21);1H. The van der Waals surface area contributed by atoms with Gasteiger partial charge in [-0.2, -0.15) is 0 Å². The quantitative estimate of drug-likeness (QED) is 0.187. The van der Waals surface area contributed by atoms with Crippen molar-refractivity contribution in [1.82, 2.24) is 20.4 Å². The summed E-state index contributed by atoms with van der Waals surface area (Å²) in [6.45, 7) is 17.5. The lowest BCUT2D eigenvalue weighted by Crippen LogP contribution is -2.41. The molecule has 0 aliphatic heterocycles. The van der Waals surface area contributed by atoms with Crippen LogP contribution in [0.25, 0.3) is 0 Å². The van der Waals surface area contributed by atoms with Crippen LogP contribution in [0.2, 0.25) is 0 Å². The third-order valence-electron chi connectivity index (χ3n) is 3.98. The fraction of sp³-hybridized carbons (Fsp3) is 0.944. The number of nitrogens with one attached hydrogen (secondary N) is 2. The molecule has 0 aromatic heterocycles. The highest BCUT2D eigenvalue weighted by atomic mass is 127. The SMILES string of the molecule is CCNC(=NCCCN(C(C)C)C(C)C)NCCN(C)CCOC.I. The minimum Gasteiger partial charge on any atom is -0.383 e. The Labute approximate surface area is 173 Å². The van der Waals surface area contributed by atoms with Crippen LogP contribution >= 0.6 is 24.0 Å². The Morgan fingerprint density at radius 2 is 1.68 bits per heavy atom. The van der Waals surface area contributed by atoms with Crippen LogP contribution in [0.3, 0.4) is 0 Å². The molecule has 0 rings (SSSR count). The van der Waals surface area contributed by atoms with Crippen molar-refractivity contribution in [3.63, 3.8) is 0 Å². The van der Waals surface area contributed by atoms with Crippen LogP contribution in [0.4, 0.5) is 0 Å². The molecule has 0 saturated carbocycles. The normalized spacial score (nSPS) is 12.2. The Morgan fingerprint density at radius 3 is 2.20 bits per heavy atom. The van der Waals surface area contributed by atoms with Gasteiger partial charge < -0.3 is 20.3 Å². The lowest BCUT2D eigenvalue weighted by atomic mass is 10.2.